The minimum atomic E-state index is 0.295. The lowest BCUT2D eigenvalue weighted by atomic mass is 9.97. The van der Waals surface area contributed by atoms with Gasteiger partial charge in [-0.2, -0.15) is 4.98 Å². The fourth-order valence-electron chi connectivity index (χ4n) is 2.77. The van der Waals surface area contributed by atoms with Crippen molar-refractivity contribution in [2.24, 2.45) is 0 Å². The number of hydrogen-bond donors (Lipinski definition) is 0. The van der Waals surface area contributed by atoms with E-state index in [1.165, 1.54) is 12.1 Å². The van der Waals surface area contributed by atoms with Crippen molar-refractivity contribution < 1.29 is 4.52 Å². The van der Waals surface area contributed by atoms with Crippen LogP contribution in [0, 0.1) is 6.92 Å². The van der Waals surface area contributed by atoms with Crippen molar-refractivity contribution in [3.63, 3.8) is 0 Å². The van der Waals surface area contributed by atoms with Gasteiger partial charge in [0, 0.05) is 30.3 Å². The number of nitrogens with zero attached hydrogens (tertiary/aromatic N) is 4. The van der Waals surface area contributed by atoms with Crippen molar-refractivity contribution in [2.45, 2.75) is 52.0 Å². The maximum absolute atomic E-state index is 5.35. The number of hydrogen-bond acceptors (Lipinski definition) is 6. The van der Waals surface area contributed by atoms with Gasteiger partial charge in [-0.1, -0.05) is 19.0 Å². The molecule has 1 aliphatic heterocycles. The minimum Gasteiger partial charge on any atom is -0.339 e. The van der Waals surface area contributed by atoms with Crippen LogP contribution in [0.1, 0.15) is 60.9 Å². The number of aryl methyl sites for hydroxylation is 1. The highest BCUT2D eigenvalue weighted by molar-refractivity contribution is 7.09. The summed E-state index contributed by atoms with van der Waals surface area (Å²) in [5.41, 5.74) is 1.18. The molecule has 2 aromatic rings. The minimum absolute atomic E-state index is 0.295. The highest BCUT2D eigenvalue weighted by Crippen LogP contribution is 2.27. The van der Waals surface area contributed by atoms with Crippen LogP contribution in [0.4, 0.5) is 0 Å². The molecule has 3 rings (SSSR count). The largest absolute Gasteiger partial charge is 0.339 e. The maximum Gasteiger partial charge on any atom is 0.229 e. The normalized spacial score (nSPS) is 20.3. The molecule has 1 saturated heterocycles. The van der Waals surface area contributed by atoms with Crippen molar-refractivity contribution >= 4 is 11.3 Å². The summed E-state index contributed by atoms with van der Waals surface area (Å²) in [4.78, 5) is 11.6. The summed E-state index contributed by atoms with van der Waals surface area (Å²) in [5.74, 6) is 2.30. The van der Waals surface area contributed by atoms with E-state index in [0.717, 1.165) is 42.8 Å². The Bertz CT molecular complexity index is 592. The molecule has 0 saturated carbocycles. The van der Waals surface area contributed by atoms with E-state index in [4.69, 9.17) is 4.52 Å². The molecule has 1 fully saturated rings. The average molecular weight is 306 g/mol. The Morgan fingerprint density at radius 2 is 2.29 bits per heavy atom. The second-order valence-electron chi connectivity index (χ2n) is 6.08. The third-order valence-electron chi connectivity index (χ3n) is 3.87. The van der Waals surface area contributed by atoms with Gasteiger partial charge in [0.1, 0.15) is 0 Å². The Hall–Kier alpha value is -1.27. The van der Waals surface area contributed by atoms with Gasteiger partial charge in [0.15, 0.2) is 5.82 Å². The molecule has 5 nitrogen and oxygen atoms in total. The summed E-state index contributed by atoms with van der Waals surface area (Å²) in [6, 6.07) is 0. The Morgan fingerprint density at radius 1 is 1.43 bits per heavy atom. The third kappa shape index (κ3) is 3.49. The topological polar surface area (TPSA) is 55.1 Å². The van der Waals surface area contributed by atoms with Crippen LogP contribution < -0.4 is 0 Å². The molecule has 6 heteroatoms. The summed E-state index contributed by atoms with van der Waals surface area (Å²) in [5, 5.41) is 7.47. The first-order valence-corrected chi connectivity index (χ1v) is 8.46. The molecule has 0 aromatic carbocycles. The van der Waals surface area contributed by atoms with Crippen molar-refractivity contribution in [3.8, 4) is 0 Å². The fraction of sp³-hybridized carbons (Fsp3) is 0.667. The van der Waals surface area contributed by atoms with Crippen LogP contribution in [0.5, 0.6) is 0 Å². The van der Waals surface area contributed by atoms with Crippen molar-refractivity contribution in [1.82, 2.24) is 20.0 Å². The summed E-state index contributed by atoms with van der Waals surface area (Å²) in [7, 11) is 0. The number of likely N-dealkylation sites (tertiary alicyclic amines) is 1. The first-order valence-electron chi connectivity index (χ1n) is 7.58. The van der Waals surface area contributed by atoms with Crippen LogP contribution in [-0.4, -0.2) is 33.1 Å². The molecule has 0 bridgehead atoms. The number of thiazole rings is 1. The molecular weight excluding hydrogens is 284 g/mol. The van der Waals surface area contributed by atoms with Crippen LogP contribution in [0.2, 0.25) is 0 Å². The zero-order valence-electron chi connectivity index (χ0n) is 12.9. The number of aromatic nitrogens is 3. The Morgan fingerprint density at radius 3 is 2.95 bits per heavy atom. The smallest absolute Gasteiger partial charge is 0.229 e. The average Bonchev–Trinajstić information content (AvgIpc) is 3.08. The molecule has 21 heavy (non-hydrogen) atoms. The van der Waals surface area contributed by atoms with Crippen LogP contribution in [0.15, 0.2) is 9.90 Å². The molecule has 3 heterocycles. The Labute approximate surface area is 129 Å². The van der Waals surface area contributed by atoms with Crippen LogP contribution in [0.25, 0.3) is 0 Å². The lowest BCUT2D eigenvalue weighted by Gasteiger charge is -2.30. The van der Waals surface area contributed by atoms with Gasteiger partial charge >= 0.3 is 0 Å². The quantitative estimate of drug-likeness (QED) is 0.867. The summed E-state index contributed by atoms with van der Waals surface area (Å²) in [6.07, 6.45) is 2.32. The van der Waals surface area contributed by atoms with Gasteiger partial charge < -0.3 is 4.52 Å². The van der Waals surface area contributed by atoms with Crippen molar-refractivity contribution in [3.05, 3.63) is 27.8 Å². The van der Waals surface area contributed by atoms with Crippen molar-refractivity contribution in [1.29, 1.82) is 0 Å². The second-order valence-corrected chi connectivity index (χ2v) is 7.14. The van der Waals surface area contributed by atoms with E-state index in [2.05, 4.69) is 46.2 Å². The molecule has 114 valence electrons. The highest BCUT2D eigenvalue weighted by Gasteiger charge is 2.26. The van der Waals surface area contributed by atoms with Gasteiger partial charge in [0.05, 0.1) is 10.7 Å². The van der Waals surface area contributed by atoms with E-state index >= 15 is 0 Å². The van der Waals surface area contributed by atoms with E-state index in [1.807, 2.05) is 0 Å². The number of piperidine rings is 1. The Kier molecular flexibility index (Phi) is 4.35. The van der Waals surface area contributed by atoms with Gasteiger partial charge in [0.25, 0.3) is 0 Å². The number of rotatable bonds is 4. The zero-order chi connectivity index (χ0) is 14.8. The van der Waals surface area contributed by atoms with Crippen LogP contribution in [0.3, 0.4) is 0 Å². The third-order valence-corrected chi connectivity index (χ3v) is 4.70. The van der Waals surface area contributed by atoms with Gasteiger partial charge in [-0.3, -0.25) is 4.90 Å². The second kappa shape index (κ2) is 6.23. The SMILES string of the molecule is Cc1nc(CN2CCCC(c3noc(C(C)C)n3)C2)cs1. The fourth-order valence-corrected chi connectivity index (χ4v) is 3.37. The predicted molar refractivity (Wildman–Crippen MR) is 82.5 cm³/mol. The van der Waals surface area contributed by atoms with Gasteiger partial charge in [-0.05, 0) is 26.3 Å². The molecule has 0 amide bonds. The zero-order valence-corrected chi connectivity index (χ0v) is 13.7. The summed E-state index contributed by atoms with van der Waals surface area (Å²) in [6.45, 7) is 9.26. The van der Waals surface area contributed by atoms with Gasteiger partial charge in [0.2, 0.25) is 5.89 Å². The maximum atomic E-state index is 5.35. The summed E-state index contributed by atoms with van der Waals surface area (Å²) < 4.78 is 5.35. The van der Waals surface area contributed by atoms with Gasteiger partial charge in [-0.25, -0.2) is 4.98 Å². The summed E-state index contributed by atoms with van der Waals surface area (Å²) >= 11 is 1.72. The monoisotopic (exact) mass is 306 g/mol. The molecular formula is C15H22N4OS. The lowest BCUT2D eigenvalue weighted by molar-refractivity contribution is 0.193. The van der Waals surface area contributed by atoms with E-state index in [0.29, 0.717) is 11.8 Å². The molecule has 0 aliphatic carbocycles. The van der Waals surface area contributed by atoms with E-state index in [1.54, 1.807) is 11.3 Å². The first-order chi connectivity index (χ1) is 10.1. The predicted octanol–water partition coefficient (Wildman–Crippen LogP) is 3.34. The molecule has 1 aliphatic rings. The molecule has 2 aromatic heterocycles. The van der Waals surface area contributed by atoms with Crippen LogP contribution >= 0.6 is 11.3 Å². The molecule has 0 spiro atoms. The van der Waals surface area contributed by atoms with E-state index in [-0.39, 0.29) is 0 Å². The first kappa shape index (κ1) is 14.7. The van der Waals surface area contributed by atoms with E-state index < -0.39 is 0 Å². The van der Waals surface area contributed by atoms with E-state index in [9.17, 15) is 0 Å². The molecule has 1 unspecified atom stereocenters. The molecule has 1 atom stereocenters. The van der Waals surface area contributed by atoms with Gasteiger partial charge in [-0.15, -0.1) is 11.3 Å². The molecule has 0 radical (unpaired) electrons. The van der Waals surface area contributed by atoms with Crippen LogP contribution in [-0.2, 0) is 6.54 Å². The standard InChI is InChI=1S/C15H22N4OS/c1-10(2)15-17-14(18-20-15)12-5-4-6-19(7-12)8-13-9-21-11(3)16-13/h9-10,12H,4-8H2,1-3H3. The van der Waals surface area contributed by atoms with Crippen molar-refractivity contribution in [2.75, 3.05) is 13.1 Å². The lowest BCUT2D eigenvalue weighted by Crippen LogP contribution is -2.34. The Balaban J connectivity index is 1.64. The highest BCUT2D eigenvalue weighted by atomic mass is 32.1. The molecule has 0 N–H and O–H groups in total.